The predicted octanol–water partition coefficient (Wildman–Crippen LogP) is 4.59. The van der Waals surface area contributed by atoms with Gasteiger partial charge in [0.05, 0.1) is 28.4 Å². The van der Waals surface area contributed by atoms with Crippen molar-refractivity contribution in [2.24, 2.45) is 0 Å². The number of nitrogens with zero attached hydrogens (tertiary/aromatic N) is 1. The molecule has 0 saturated carbocycles. The lowest BCUT2D eigenvalue weighted by Crippen LogP contribution is -2.38. The summed E-state index contributed by atoms with van der Waals surface area (Å²) in [6.07, 6.45) is 0.732. The third-order valence-corrected chi connectivity index (χ3v) is 7.35. The average Bonchev–Trinajstić information content (AvgIpc) is 2.88. The van der Waals surface area contributed by atoms with E-state index in [0.717, 1.165) is 22.9 Å². The quantitative estimate of drug-likeness (QED) is 0.380. The van der Waals surface area contributed by atoms with E-state index < -0.39 is 28.3 Å². The van der Waals surface area contributed by atoms with Gasteiger partial charge in [0.1, 0.15) is 18.1 Å². The van der Waals surface area contributed by atoms with Gasteiger partial charge >= 0.3 is 0 Å². The Morgan fingerprint density at radius 3 is 2.24 bits per heavy atom. The molecule has 0 fully saturated rings. The molecule has 3 aromatic carbocycles. The fraction of sp³-hybridized carbons (Fsp3) is 0.259. The Kier molecular flexibility index (Phi) is 9.24. The monoisotopic (exact) mass is 527 g/mol. The highest BCUT2D eigenvalue weighted by atomic mass is 32.2. The van der Waals surface area contributed by atoms with E-state index in [-0.39, 0.29) is 33.8 Å². The van der Waals surface area contributed by atoms with Gasteiger partial charge in [0.2, 0.25) is 5.91 Å². The lowest BCUT2D eigenvalue weighted by Gasteiger charge is -2.24. The average molecular weight is 528 g/mol. The zero-order chi connectivity index (χ0) is 27.0. The molecule has 2 amide bonds. The van der Waals surface area contributed by atoms with Crippen molar-refractivity contribution in [1.82, 2.24) is 5.32 Å². The molecule has 8 nitrogen and oxygen atoms in total. The third-order valence-electron chi connectivity index (χ3n) is 5.56. The van der Waals surface area contributed by atoms with E-state index in [1.165, 1.54) is 36.4 Å². The Hall–Kier alpha value is -3.92. The third kappa shape index (κ3) is 7.07. The number of anilines is 2. The molecule has 0 saturated heterocycles. The van der Waals surface area contributed by atoms with E-state index >= 15 is 0 Å². The largest absolute Gasteiger partial charge is 0.494 e. The summed E-state index contributed by atoms with van der Waals surface area (Å²) >= 11 is 0. The molecule has 37 heavy (non-hydrogen) atoms. The molecule has 0 aliphatic heterocycles. The molecule has 1 atom stereocenters. The maximum absolute atomic E-state index is 13.6. The number of ether oxygens (including phenoxy) is 1. The molecule has 0 aliphatic carbocycles. The second-order valence-corrected chi connectivity index (χ2v) is 10.1. The van der Waals surface area contributed by atoms with Crippen LogP contribution in [0.4, 0.5) is 15.8 Å². The van der Waals surface area contributed by atoms with Gasteiger partial charge in [0.25, 0.3) is 15.9 Å². The molecule has 0 unspecified atom stereocenters. The molecule has 0 aliphatic rings. The number of benzene rings is 3. The van der Waals surface area contributed by atoms with Crippen molar-refractivity contribution in [3.05, 3.63) is 84.2 Å². The number of sulfonamides is 1. The van der Waals surface area contributed by atoms with Crippen LogP contribution in [0, 0.1) is 5.82 Å². The number of carbonyl (C=O) groups excluding carboxylic acids is 2. The van der Waals surface area contributed by atoms with Gasteiger partial charge in [-0.05, 0) is 80.9 Å². The Morgan fingerprint density at radius 2 is 1.62 bits per heavy atom. The van der Waals surface area contributed by atoms with Crippen molar-refractivity contribution >= 4 is 33.2 Å². The van der Waals surface area contributed by atoms with Crippen LogP contribution in [-0.2, 0) is 14.8 Å². The van der Waals surface area contributed by atoms with Gasteiger partial charge < -0.3 is 15.4 Å². The molecule has 196 valence electrons. The number of para-hydroxylation sites is 1. The van der Waals surface area contributed by atoms with Gasteiger partial charge in [-0.2, -0.15) is 0 Å². The van der Waals surface area contributed by atoms with E-state index in [1.54, 1.807) is 24.3 Å². The molecule has 0 radical (unpaired) electrons. The normalized spacial score (nSPS) is 11.9. The first-order valence-corrected chi connectivity index (χ1v) is 13.3. The first kappa shape index (κ1) is 27.7. The van der Waals surface area contributed by atoms with Crippen LogP contribution < -0.4 is 19.7 Å². The summed E-state index contributed by atoms with van der Waals surface area (Å²) in [7, 11) is -4.22. The van der Waals surface area contributed by atoms with Gasteiger partial charge in [-0.1, -0.05) is 19.1 Å². The maximum Gasteiger partial charge on any atom is 0.264 e. The Balaban J connectivity index is 1.90. The number of hydrogen-bond acceptors (Lipinski definition) is 5. The van der Waals surface area contributed by atoms with Crippen molar-refractivity contribution in [2.75, 3.05) is 22.8 Å². The van der Waals surface area contributed by atoms with Crippen molar-refractivity contribution in [3.8, 4) is 5.75 Å². The Bertz CT molecular complexity index is 1330. The van der Waals surface area contributed by atoms with Crippen LogP contribution in [0.2, 0.25) is 0 Å². The molecule has 3 rings (SSSR count). The highest BCUT2D eigenvalue weighted by molar-refractivity contribution is 7.92. The first-order valence-electron chi connectivity index (χ1n) is 11.9. The Labute approximate surface area is 216 Å². The predicted molar refractivity (Wildman–Crippen MR) is 141 cm³/mol. The zero-order valence-electron chi connectivity index (χ0n) is 20.9. The summed E-state index contributed by atoms with van der Waals surface area (Å²) in [5.74, 6) is -1.09. The summed E-state index contributed by atoms with van der Waals surface area (Å²) in [6, 6.07) is 17.0. The summed E-state index contributed by atoms with van der Waals surface area (Å²) in [6.45, 7) is 5.43. The summed E-state index contributed by atoms with van der Waals surface area (Å²) in [5.41, 5.74) is 0.595. The van der Waals surface area contributed by atoms with E-state index in [9.17, 15) is 22.4 Å². The minimum atomic E-state index is -4.22. The van der Waals surface area contributed by atoms with Crippen LogP contribution in [0.1, 0.15) is 37.6 Å². The number of halogens is 1. The van der Waals surface area contributed by atoms with Crippen LogP contribution in [0.15, 0.2) is 77.7 Å². The summed E-state index contributed by atoms with van der Waals surface area (Å²) in [5, 5.41) is 5.49. The molecule has 0 aromatic heterocycles. The smallest absolute Gasteiger partial charge is 0.264 e. The van der Waals surface area contributed by atoms with Gasteiger partial charge in [-0.3, -0.25) is 13.9 Å². The van der Waals surface area contributed by atoms with E-state index in [4.69, 9.17) is 4.74 Å². The fourth-order valence-corrected chi connectivity index (χ4v) is 4.86. The van der Waals surface area contributed by atoms with Gasteiger partial charge in [-0.25, -0.2) is 12.8 Å². The number of hydrogen-bond donors (Lipinski definition) is 2. The molecule has 10 heteroatoms. The molecule has 0 heterocycles. The van der Waals surface area contributed by atoms with Crippen molar-refractivity contribution in [3.63, 3.8) is 0 Å². The molecular formula is C27H30FN3O5S. The number of nitrogens with one attached hydrogen (secondary N) is 2. The van der Waals surface area contributed by atoms with Gasteiger partial charge in [0, 0.05) is 6.04 Å². The van der Waals surface area contributed by atoms with Crippen LogP contribution in [0.5, 0.6) is 5.75 Å². The number of amides is 2. The van der Waals surface area contributed by atoms with E-state index in [1.807, 2.05) is 20.8 Å². The van der Waals surface area contributed by atoms with Crippen molar-refractivity contribution < 1.29 is 27.1 Å². The van der Waals surface area contributed by atoms with Crippen LogP contribution >= 0.6 is 0 Å². The number of rotatable bonds is 11. The van der Waals surface area contributed by atoms with E-state index in [2.05, 4.69) is 10.6 Å². The van der Waals surface area contributed by atoms with Gasteiger partial charge in [-0.15, -0.1) is 0 Å². The maximum atomic E-state index is 13.6. The van der Waals surface area contributed by atoms with Crippen molar-refractivity contribution in [2.45, 2.75) is 38.1 Å². The summed E-state index contributed by atoms with van der Waals surface area (Å²) < 4.78 is 46.9. The highest BCUT2D eigenvalue weighted by Crippen LogP contribution is 2.26. The van der Waals surface area contributed by atoms with Crippen LogP contribution in [0.3, 0.4) is 0 Å². The molecular weight excluding hydrogens is 497 g/mol. The molecule has 0 bridgehead atoms. The minimum absolute atomic E-state index is 0.0653. The van der Waals surface area contributed by atoms with Crippen LogP contribution in [0.25, 0.3) is 0 Å². The zero-order valence-corrected chi connectivity index (χ0v) is 21.7. The standard InChI is InChI=1S/C27H30FN3O5S/c1-4-19(3)29-27(33)24-8-6-7-9-25(24)30-26(32)18-31(21-12-10-20(28)11-13-21)37(34,35)23-16-14-22(15-17-23)36-5-2/h6-17,19H,4-5,18H2,1-3H3,(H,29,33)(H,30,32)/t19-/m1/s1. The second kappa shape index (κ2) is 12.4. The molecule has 3 aromatic rings. The van der Waals surface area contributed by atoms with E-state index in [0.29, 0.717) is 12.4 Å². The molecule has 0 spiro atoms. The second-order valence-electron chi connectivity index (χ2n) is 8.27. The number of carbonyl (C=O) groups is 2. The lowest BCUT2D eigenvalue weighted by atomic mass is 10.1. The molecule has 2 N–H and O–H groups in total. The van der Waals surface area contributed by atoms with Crippen molar-refractivity contribution in [1.29, 1.82) is 0 Å². The summed E-state index contributed by atoms with van der Waals surface area (Å²) in [4.78, 5) is 25.7. The Morgan fingerprint density at radius 1 is 0.973 bits per heavy atom. The topological polar surface area (TPSA) is 105 Å². The van der Waals surface area contributed by atoms with Gasteiger partial charge in [0.15, 0.2) is 0 Å². The SMILES string of the molecule is CCOc1ccc(S(=O)(=O)N(CC(=O)Nc2ccccc2C(=O)N[C@H](C)CC)c2ccc(F)cc2)cc1. The lowest BCUT2D eigenvalue weighted by molar-refractivity contribution is -0.114. The highest BCUT2D eigenvalue weighted by Gasteiger charge is 2.28. The fourth-order valence-electron chi connectivity index (χ4n) is 3.44. The minimum Gasteiger partial charge on any atom is -0.494 e. The van der Waals surface area contributed by atoms with Crippen LogP contribution in [-0.4, -0.2) is 39.4 Å². The first-order chi connectivity index (χ1) is 17.6.